The van der Waals surface area contributed by atoms with E-state index in [0.717, 1.165) is 10.0 Å². The summed E-state index contributed by atoms with van der Waals surface area (Å²) >= 11 is 3.47. The number of carbonyl (C=O) groups excluding carboxylic acids is 1. The molecule has 1 heterocycles. The molecule has 1 N–H and O–H groups in total. The first-order valence-electron chi connectivity index (χ1n) is 7.61. The number of guanidine groups is 1. The number of hydrogen-bond donors (Lipinski definition) is 1. The van der Waals surface area contributed by atoms with E-state index in [4.69, 9.17) is 9.73 Å². The number of hydrogen-bond acceptors (Lipinski definition) is 4. The number of nitrogens with one attached hydrogen (secondary N) is 1. The van der Waals surface area contributed by atoms with Crippen molar-refractivity contribution >= 4 is 39.0 Å². The van der Waals surface area contributed by atoms with E-state index in [2.05, 4.69) is 21.2 Å². The summed E-state index contributed by atoms with van der Waals surface area (Å²) in [5.74, 6) is 0.686. The second-order valence-electron chi connectivity index (χ2n) is 7.04. The lowest BCUT2D eigenvalue weighted by molar-refractivity contribution is 0.0559. The van der Waals surface area contributed by atoms with Crippen LogP contribution in [0.25, 0.3) is 0 Å². The molecular formula is C16H20BrN3O3S. The largest absolute Gasteiger partial charge is 0.444 e. The first kappa shape index (κ1) is 17.4. The number of aliphatic imine (C=N–C) groups is 1. The Bertz CT molecular complexity index is 759. The monoisotopic (exact) mass is 413 g/mol. The van der Waals surface area contributed by atoms with Crippen LogP contribution in [-0.2, 0) is 27.7 Å². The lowest BCUT2D eigenvalue weighted by Crippen LogP contribution is -2.55. The molecule has 0 saturated heterocycles. The summed E-state index contributed by atoms with van der Waals surface area (Å²) in [6, 6.07) is 6.04. The Morgan fingerprint density at radius 1 is 1.46 bits per heavy atom. The predicted octanol–water partition coefficient (Wildman–Crippen LogP) is 2.69. The number of fused-ring (bicyclic) bond motifs is 2. The van der Waals surface area contributed by atoms with Gasteiger partial charge in [0, 0.05) is 17.9 Å². The summed E-state index contributed by atoms with van der Waals surface area (Å²) in [4.78, 5) is 16.8. The van der Waals surface area contributed by atoms with Gasteiger partial charge in [0.25, 0.3) is 0 Å². The van der Waals surface area contributed by atoms with Crippen molar-refractivity contribution in [1.82, 2.24) is 9.62 Å². The molecule has 3 rings (SSSR count). The van der Waals surface area contributed by atoms with Gasteiger partial charge < -0.3 is 4.74 Å². The number of halogens is 1. The van der Waals surface area contributed by atoms with E-state index >= 15 is 0 Å². The zero-order valence-corrected chi connectivity index (χ0v) is 16.5. The van der Waals surface area contributed by atoms with Gasteiger partial charge in [0.15, 0.2) is 0 Å². The minimum Gasteiger partial charge on any atom is -0.444 e. The maximum atomic E-state index is 12.5. The molecule has 0 saturated carbocycles. The van der Waals surface area contributed by atoms with Crippen molar-refractivity contribution in [2.24, 2.45) is 4.99 Å². The molecule has 2 unspecified atom stereocenters. The maximum Gasteiger partial charge on any atom is 0.414 e. The summed E-state index contributed by atoms with van der Waals surface area (Å²) in [6.45, 7) is 5.37. The van der Waals surface area contributed by atoms with Crippen LogP contribution in [0.4, 0.5) is 4.79 Å². The first-order chi connectivity index (χ1) is 11.1. The van der Waals surface area contributed by atoms with Crippen LogP contribution in [-0.4, -0.2) is 39.0 Å². The zero-order chi connectivity index (χ0) is 17.7. The zero-order valence-electron chi connectivity index (χ0n) is 14.1. The summed E-state index contributed by atoms with van der Waals surface area (Å²) in [6.07, 6.45) is 0.116. The number of benzene rings is 1. The Kier molecular flexibility index (Phi) is 4.24. The van der Waals surface area contributed by atoms with Gasteiger partial charge in [0.2, 0.25) is 5.96 Å². The van der Waals surface area contributed by atoms with Crippen molar-refractivity contribution in [3.8, 4) is 0 Å². The van der Waals surface area contributed by atoms with Gasteiger partial charge in [0.1, 0.15) is 22.1 Å². The van der Waals surface area contributed by atoms with Gasteiger partial charge in [-0.05, 0) is 44.0 Å². The van der Waals surface area contributed by atoms with Crippen molar-refractivity contribution in [3.63, 3.8) is 0 Å². The van der Waals surface area contributed by atoms with Crippen molar-refractivity contribution < 1.29 is 13.7 Å². The summed E-state index contributed by atoms with van der Waals surface area (Å²) in [5.41, 5.74) is 1.10. The third kappa shape index (κ3) is 3.21. The molecule has 1 aliphatic carbocycles. The van der Waals surface area contributed by atoms with Crippen LogP contribution in [0.1, 0.15) is 31.9 Å². The predicted molar refractivity (Wildman–Crippen MR) is 97.1 cm³/mol. The Morgan fingerprint density at radius 3 is 2.83 bits per heavy atom. The van der Waals surface area contributed by atoms with Crippen LogP contribution in [0.2, 0.25) is 0 Å². The second-order valence-corrected chi connectivity index (χ2v) is 9.43. The topological polar surface area (TPSA) is 71.0 Å². The van der Waals surface area contributed by atoms with E-state index in [-0.39, 0.29) is 5.96 Å². The summed E-state index contributed by atoms with van der Waals surface area (Å²) in [5, 5.41) is 2.63. The van der Waals surface area contributed by atoms with Crippen molar-refractivity contribution in [3.05, 3.63) is 33.8 Å². The van der Waals surface area contributed by atoms with Crippen LogP contribution >= 0.6 is 15.9 Å². The third-order valence-electron chi connectivity index (χ3n) is 3.95. The summed E-state index contributed by atoms with van der Waals surface area (Å²) in [7, 11) is 0.383. The standard InChI is InChI=1S/C16H20BrN3O3S/c1-15(2,3)23-14(21)18-13-19-16(9-24(22)20(13)4)8-10-5-6-11(17)7-12(10)16/h5-7H,8-9H2,1-4H3,(H,18,19,21). The molecule has 24 heavy (non-hydrogen) atoms. The molecule has 8 heteroatoms. The fourth-order valence-corrected chi connectivity index (χ4v) is 4.44. The molecule has 0 aromatic heterocycles. The molecule has 1 aromatic rings. The fraction of sp³-hybridized carbons (Fsp3) is 0.500. The van der Waals surface area contributed by atoms with Crippen molar-refractivity contribution in [2.45, 2.75) is 38.3 Å². The molecule has 130 valence electrons. The highest BCUT2D eigenvalue weighted by Crippen LogP contribution is 2.45. The molecule has 1 aromatic carbocycles. The molecule has 1 amide bonds. The van der Waals surface area contributed by atoms with E-state index in [0.29, 0.717) is 12.2 Å². The molecule has 6 nitrogen and oxygen atoms in total. The van der Waals surface area contributed by atoms with E-state index in [1.165, 1.54) is 9.87 Å². The third-order valence-corrected chi connectivity index (χ3v) is 5.96. The van der Waals surface area contributed by atoms with Gasteiger partial charge in [-0.3, -0.25) is 9.62 Å². The lowest BCUT2D eigenvalue weighted by Gasteiger charge is -2.45. The second kappa shape index (κ2) is 5.84. The normalized spacial score (nSPS) is 25.6. The minimum absolute atomic E-state index is 0.277. The van der Waals surface area contributed by atoms with Crippen molar-refractivity contribution in [1.29, 1.82) is 0 Å². The Hall–Kier alpha value is -1.41. The number of ether oxygens (including phenoxy) is 1. The van der Waals surface area contributed by atoms with Gasteiger partial charge in [0.05, 0.1) is 5.75 Å². The Labute approximate surface area is 152 Å². The molecule has 0 bridgehead atoms. The number of rotatable bonds is 0. The van der Waals surface area contributed by atoms with Crippen molar-refractivity contribution in [2.75, 3.05) is 12.8 Å². The number of amides is 1. The van der Waals surface area contributed by atoms with Gasteiger partial charge in [-0.2, -0.15) is 0 Å². The average Bonchev–Trinajstić information content (AvgIpc) is 2.43. The van der Waals surface area contributed by atoms with Crippen LogP contribution in [0.3, 0.4) is 0 Å². The SMILES string of the molecule is CN1C(NC(=O)OC(C)(C)C)=NC2(Cc3ccc(Br)cc32)CS1=O. The molecule has 2 aliphatic rings. The highest BCUT2D eigenvalue weighted by atomic mass is 79.9. The Balaban J connectivity index is 1.90. The highest BCUT2D eigenvalue weighted by molar-refractivity contribution is 9.10. The fourth-order valence-electron chi connectivity index (χ4n) is 2.87. The minimum atomic E-state index is -1.27. The molecule has 2 atom stereocenters. The lowest BCUT2D eigenvalue weighted by atomic mass is 9.72. The molecule has 0 fully saturated rings. The molecule has 0 radical (unpaired) electrons. The van der Waals surface area contributed by atoms with E-state index in [9.17, 15) is 9.00 Å². The van der Waals surface area contributed by atoms with Gasteiger partial charge >= 0.3 is 6.09 Å². The van der Waals surface area contributed by atoms with Crippen LogP contribution in [0, 0.1) is 0 Å². The molecule has 1 aliphatic heterocycles. The summed E-state index contributed by atoms with van der Waals surface area (Å²) < 4.78 is 20.2. The number of alkyl carbamates (subject to hydrolysis) is 1. The quantitative estimate of drug-likeness (QED) is 0.710. The smallest absolute Gasteiger partial charge is 0.414 e. The molecule has 1 spiro atoms. The van der Waals surface area contributed by atoms with Crippen LogP contribution < -0.4 is 5.32 Å². The number of nitrogens with zero attached hydrogens (tertiary/aromatic N) is 2. The maximum absolute atomic E-state index is 12.5. The number of carbonyl (C=O) groups is 1. The van der Waals surface area contributed by atoms with Crippen LogP contribution in [0.15, 0.2) is 27.7 Å². The van der Waals surface area contributed by atoms with E-state index < -0.39 is 28.2 Å². The van der Waals surface area contributed by atoms with E-state index in [1.807, 2.05) is 18.2 Å². The molecular weight excluding hydrogens is 394 g/mol. The highest BCUT2D eigenvalue weighted by Gasteiger charge is 2.48. The van der Waals surface area contributed by atoms with Gasteiger partial charge in [-0.1, -0.05) is 22.0 Å². The van der Waals surface area contributed by atoms with Crippen LogP contribution in [0.5, 0.6) is 0 Å². The first-order valence-corrected chi connectivity index (χ1v) is 9.67. The van der Waals surface area contributed by atoms with Gasteiger partial charge in [-0.15, -0.1) is 0 Å². The Morgan fingerprint density at radius 2 is 2.17 bits per heavy atom. The average molecular weight is 414 g/mol. The van der Waals surface area contributed by atoms with E-state index in [1.54, 1.807) is 27.8 Å². The van der Waals surface area contributed by atoms with Gasteiger partial charge in [-0.25, -0.2) is 14.0 Å².